The fraction of sp³-hybridized carbons (Fsp3) is 0.533. The zero-order valence-corrected chi connectivity index (χ0v) is 11.2. The molecule has 1 aromatic carbocycles. The lowest BCUT2D eigenvalue weighted by atomic mass is 9.83. The Morgan fingerprint density at radius 1 is 1.37 bits per heavy atom. The number of hydrogen-bond donors (Lipinski definition) is 2. The Kier molecular flexibility index (Phi) is 3.40. The highest BCUT2D eigenvalue weighted by Crippen LogP contribution is 2.29. The average molecular weight is 261 g/mol. The second kappa shape index (κ2) is 5.19. The summed E-state index contributed by atoms with van der Waals surface area (Å²) in [5, 5.41) is 3.50. The Morgan fingerprint density at radius 3 is 3.05 bits per heavy atom. The Balaban J connectivity index is 1.80. The Hall–Kier alpha value is -1.58. The van der Waals surface area contributed by atoms with Gasteiger partial charge in [-0.15, -0.1) is 0 Å². The molecule has 0 radical (unpaired) electrons. The van der Waals surface area contributed by atoms with Gasteiger partial charge >= 0.3 is 0 Å². The van der Waals surface area contributed by atoms with E-state index in [1.54, 1.807) is 6.07 Å². The van der Waals surface area contributed by atoms with Crippen molar-refractivity contribution in [1.82, 2.24) is 9.97 Å². The van der Waals surface area contributed by atoms with E-state index in [2.05, 4.69) is 22.2 Å². The number of benzene rings is 1. The third-order valence-corrected chi connectivity index (χ3v) is 4.20. The van der Waals surface area contributed by atoms with E-state index in [1.807, 2.05) is 0 Å². The van der Waals surface area contributed by atoms with Gasteiger partial charge in [-0.1, -0.05) is 26.2 Å². The highest BCUT2D eigenvalue weighted by atomic mass is 19.1. The maximum atomic E-state index is 13.2. The number of rotatable bonds is 3. The number of hydrogen-bond acceptors (Lipinski definition) is 2. The second-order valence-electron chi connectivity index (χ2n) is 5.45. The summed E-state index contributed by atoms with van der Waals surface area (Å²) in [6, 6.07) is 5.14. The first-order valence-corrected chi connectivity index (χ1v) is 7.18. The van der Waals surface area contributed by atoms with Crippen LogP contribution in [0.15, 0.2) is 18.2 Å². The topological polar surface area (TPSA) is 40.7 Å². The second-order valence-corrected chi connectivity index (χ2v) is 5.45. The van der Waals surface area contributed by atoms with E-state index in [9.17, 15) is 4.39 Å². The minimum absolute atomic E-state index is 0.230. The van der Waals surface area contributed by atoms with Crippen LogP contribution in [0.25, 0.3) is 11.0 Å². The van der Waals surface area contributed by atoms with E-state index in [0.717, 1.165) is 22.9 Å². The monoisotopic (exact) mass is 261 g/mol. The third kappa shape index (κ3) is 2.57. The molecular weight excluding hydrogens is 241 g/mol. The molecule has 2 unspecified atom stereocenters. The van der Waals surface area contributed by atoms with Crippen LogP contribution in [0.1, 0.15) is 39.0 Å². The largest absolute Gasteiger partial charge is 0.353 e. The summed E-state index contributed by atoms with van der Waals surface area (Å²) in [5.74, 6) is 1.26. The summed E-state index contributed by atoms with van der Waals surface area (Å²) in [7, 11) is 0. The normalized spacial score (nSPS) is 23.7. The molecule has 4 heteroatoms. The maximum absolute atomic E-state index is 13.2. The van der Waals surface area contributed by atoms with Crippen LogP contribution in [0.4, 0.5) is 10.3 Å². The number of fused-ring (bicyclic) bond motifs is 1. The summed E-state index contributed by atoms with van der Waals surface area (Å²) < 4.78 is 13.2. The Bertz CT molecular complexity index is 564. The van der Waals surface area contributed by atoms with Crippen LogP contribution in [0.5, 0.6) is 0 Å². The van der Waals surface area contributed by atoms with Gasteiger partial charge in [0.05, 0.1) is 11.0 Å². The van der Waals surface area contributed by atoms with Crippen LogP contribution in [0.2, 0.25) is 0 Å². The van der Waals surface area contributed by atoms with Crippen molar-refractivity contribution in [1.29, 1.82) is 0 Å². The van der Waals surface area contributed by atoms with Crippen molar-refractivity contribution in [2.75, 3.05) is 5.32 Å². The van der Waals surface area contributed by atoms with E-state index >= 15 is 0 Å². The van der Waals surface area contributed by atoms with Crippen LogP contribution in [-0.2, 0) is 0 Å². The van der Waals surface area contributed by atoms with Gasteiger partial charge in [-0.3, -0.25) is 0 Å². The van der Waals surface area contributed by atoms with E-state index in [4.69, 9.17) is 0 Å². The van der Waals surface area contributed by atoms with Gasteiger partial charge in [-0.25, -0.2) is 9.37 Å². The third-order valence-electron chi connectivity index (χ3n) is 4.20. The predicted molar refractivity (Wildman–Crippen MR) is 75.7 cm³/mol. The smallest absolute Gasteiger partial charge is 0.201 e. The first-order valence-electron chi connectivity index (χ1n) is 7.18. The van der Waals surface area contributed by atoms with Gasteiger partial charge in [-0.2, -0.15) is 0 Å². The van der Waals surface area contributed by atoms with Gasteiger partial charge < -0.3 is 10.3 Å². The average Bonchev–Trinajstić information content (AvgIpc) is 2.80. The van der Waals surface area contributed by atoms with Gasteiger partial charge in [0.25, 0.3) is 0 Å². The van der Waals surface area contributed by atoms with Crippen molar-refractivity contribution in [2.24, 2.45) is 5.92 Å². The van der Waals surface area contributed by atoms with Gasteiger partial charge in [-0.05, 0) is 37.0 Å². The molecule has 1 heterocycles. The van der Waals surface area contributed by atoms with Crippen LogP contribution in [0.3, 0.4) is 0 Å². The van der Waals surface area contributed by atoms with Gasteiger partial charge in [0.15, 0.2) is 0 Å². The molecule has 0 spiro atoms. The molecule has 1 aliphatic carbocycles. The van der Waals surface area contributed by atoms with Crippen molar-refractivity contribution in [3.63, 3.8) is 0 Å². The van der Waals surface area contributed by atoms with Gasteiger partial charge in [0, 0.05) is 6.04 Å². The molecule has 2 atom stereocenters. The van der Waals surface area contributed by atoms with E-state index < -0.39 is 0 Å². The molecule has 1 aliphatic rings. The van der Waals surface area contributed by atoms with Gasteiger partial charge in [0.2, 0.25) is 5.95 Å². The fourth-order valence-electron chi connectivity index (χ4n) is 3.11. The van der Waals surface area contributed by atoms with Crippen LogP contribution >= 0.6 is 0 Å². The zero-order chi connectivity index (χ0) is 13.2. The lowest BCUT2D eigenvalue weighted by Crippen LogP contribution is -2.32. The van der Waals surface area contributed by atoms with Crippen LogP contribution in [-0.4, -0.2) is 16.0 Å². The number of nitrogens with one attached hydrogen (secondary N) is 2. The highest BCUT2D eigenvalue weighted by Gasteiger charge is 2.24. The predicted octanol–water partition coefficient (Wildman–Crippen LogP) is 4.08. The lowest BCUT2D eigenvalue weighted by Gasteiger charge is -2.31. The summed E-state index contributed by atoms with van der Waals surface area (Å²) in [6.45, 7) is 2.25. The van der Waals surface area contributed by atoms with Gasteiger partial charge in [0.1, 0.15) is 5.82 Å². The first kappa shape index (κ1) is 12.5. The standard InChI is InChI=1S/C15H20FN3/c1-2-10-5-3-4-6-12(10)17-15-18-13-8-7-11(16)9-14(13)19-15/h7-10,12H,2-6H2,1H3,(H2,17,18,19). The summed E-state index contributed by atoms with van der Waals surface area (Å²) in [5.41, 5.74) is 1.57. The SMILES string of the molecule is CCC1CCCCC1Nc1nc2ccc(F)cc2[nH]1. The van der Waals surface area contributed by atoms with Crippen molar-refractivity contribution < 1.29 is 4.39 Å². The molecule has 19 heavy (non-hydrogen) atoms. The van der Waals surface area contributed by atoms with Crippen molar-refractivity contribution in [3.05, 3.63) is 24.0 Å². The molecule has 0 saturated heterocycles. The summed E-state index contributed by atoms with van der Waals surface area (Å²) in [4.78, 5) is 7.65. The van der Waals surface area contributed by atoms with Crippen molar-refractivity contribution >= 4 is 17.0 Å². The molecule has 0 amide bonds. The quantitative estimate of drug-likeness (QED) is 0.874. The molecule has 1 fully saturated rings. The van der Waals surface area contributed by atoms with Crippen molar-refractivity contribution in [2.45, 2.75) is 45.1 Å². The number of H-pyrrole nitrogens is 1. The van der Waals surface area contributed by atoms with E-state index in [-0.39, 0.29) is 5.82 Å². The fourth-order valence-corrected chi connectivity index (χ4v) is 3.11. The molecule has 1 aromatic heterocycles. The number of nitrogens with zero attached hydrogens (tertiary/aromatic N) is 1. The molecule has 102 valence electrons. The minimum atomic E-state index is -0.230. The zero-order valence-electron chi connectivity index (χ0n) is 11.2. The molecule has 3 rings (SSSR count). The van der Waals surface area contributed by atoms with Crippen LogP contribution in [0, 0.1) is 11.7 Å². The molecule has 0 aliphatic heterocycles. The lowest BCUT2D eigenvalue weighted by molar-refractivity contribution is 0.316. The maximum Gasteiger partial charge on any atom is 0.201 e. The Labute approximate surface area is 112 Å². The van der Waals surface area contributed by atoms with E-state index in [0.29, 0.717) is 6.04 Å². The Morgan fingerprint density at radius 2 is 2.21 bits per heavy atom. The summed E-state index contributed by atoms with van der Waals surface area (Å²) >= 11 is 0. The number of halogens is 1. The number of aromatic nitrogens is 2. The summed E-state index contributed by atoms with van der Waals surface area (Å²) in [6.07, 6.45) is 6.31. The molecular formula is C15H20FN3. The molecule has 2 aromatic rings. The van der Waals surface area contributed by atoms with Crippen molar-refractivity contribution in [3.8, 4) is 0 Å². The minimum Gasteiger partial charge on any atom is -0.353 e. The molecule has 2 N–H and O–H groups in total. The number of imidazole rings is 1. The number of anilines is 1. The molecule has 0 bridgehead atoms. The highest BCUT2D eigenvalue weighted by molar-refractivity contribution is 5.77. The first-order chi connectivity index (χ1) is 9.26. The van der Waals surface area contributed by atoms with E-state index in [1.165, 1.54) is 44.2 Å². The molecule has 1 saturated carbocycles. The molecule has 3 nitrogen and oxygen atoms in total. The number of aromatic amines is 1. The van der Waals surface area contributed by atoms with Crippen LogP contribution < -0.4 is 5.32 Å².